The van der Waals surface area contributed by atoms with Crippen LogP contribution in [0, 0.1) is 6.92 Å². The zero-order valence-electron chi connectivity index (χ0n) is 20.9. The zero-order chi connectivity index (χ0) is 26.1. The Morgan fingerprint density at radius 1 is 1.03 bits per heavy atom. The molecule has 1 saturated heterocycles. The number of rotatable bonds is 6. The van der Waals surface area contributed by atoms with Crippen LogP contribution in [0.5, 0.6) is 0 Å². The van der Waals surface area contributed by atoms with Gasteiger partial charge in [0.2, 0.25) is 0 Å². The van der Waals surface area contributed by atoms with Crippen LogP contribution in [0.2, 0.25) is 0 Å². The van der Waals surface area contributed by atoms with Gasteiger partial charge in [-0.3, -0.25) is 14.5 Å². The largest absolute Gasteiger partial charge is 0.459 e. The minimum Gasteiger partial charge on any atom is -0.459 e. The Kier molecular flexibility index (Phi) is 6.30. The maximum Gasteiger partial charge on any atom is 0.289 e. The van der Waals surface area contributed by atoms with Gasteiger partial charge in [0.1, 0.15) is 6.04 Å². The van der Waals surface area contributed by atoms with Crippen molar-refractivity contribution in [2.24, 2.45) is 0 Å². The van der Waals surface area contributed by atoms with Crippen LogP contribution in [-0.2, 0) is 6.54 Å². The number of nitrogens with zero attached hydrogens (tertiary/aromatic N) is 6. The number of furan rings is 1. The maximum atomic E-state index is 13.5. The number of aromatic nitrogens is 5. The number of hydrogen-bond acceptors (Lipinski definition) is 7. The molecular formula is C28H27N7O3. The van der Waals surface area contributed by atoms with Gasteiger partial charge < -0.3 is 14.3 Å². The van der Waals surface area contributed by atoms with E-state index in [2.05, 4.69) is 25.4 Å². The number of para-hydroxylation sites is 1. The zero-order valence-corrected chi connectivity index (χ0v) is 20.9. The summed E-state index contributed by atoms with van der Waals surface area (Å²) in [7, 11) is 0. The van der Waals surface area contributed by atoms with E-state index in [4.69, 9.17) is 4.42 Å². The molecule has 3 aromatic heterocycles. The van der Waals surface area contributed by atoms with Crippen LogP contribution >= 0.6 is 0 Å². The summed E-state index contributed by atoms with van der Waals surface area (Å²) in [6, 6.07) is 20.7. The summed E-state index contributed by atoms with van der Waals surface area (Å²) in [5, 5.41) is 13.6. The molecular weight excluding hydrogens is 482 g/mol. The Bertz CT molecular complexity index is 1620. The van der Waals surface area contributed by atoms with E-state index in [1.54, 1.807) is 21.7 Å². The van der Waals surface area contributed by atoms with Crippen molar-refractivity contribution in [3.8, 4) is 0 Å². The summed E-state index contributed by atoms with van der Waals surface area (Å²) in [5.74, 6) is 0.763. The lowest BCUT2D eigenvalue weighted by Crippen LogP contribution is -2.50. The van der Waals surface area contributed by atoms with E-state index in [1.807, 2.05) is 61.5 Å². The van der Waals surface area contributed by atoms with Crippen molar-refractivity contribution in [2.75, 3.05) is 26.2 Å². The number of hydrogen-bond donors (Lipinski definition) is 1. The fraction of sp³-hybridized carbons (Fsp3) is 0.250. The number of piperazine rings is 1. The predicted molar refractivity (Wildman–Crippen MR) is 141 cm³/mol. The molecule has 0 saturated carbocycles. The third-order valence-electron chi connectivity index (χ3n) is 7.09. The lowest BCUT2D eigenvalue weighted by atomic mass is 10.0. The fourth-order valence-corrected chi connectivity index (χ4v) is 5.12. The molecule has 1 atom stereocenters. The summed E-state index contributed by atoms with van der Waals surface area (Å²) in [6.07, 6.45) is 1.50. The smallest absolute Gasteiger partial charge is 0.289 e. The molecule has 38 heavy (non-hydrogen) atoms. The second-order valence-electron chi connectivity index (χ2n) is 9.48. The number of tetrazole rings is 1. The van der Waals surface area contributed by atoms with Crippen LogP contribution in [0.25, 0.3) is 10.9 Å². The molecule has 1 aliphatic rings. The number of amides is 1. The van der Waals surface area contributed by atoms with Crippen molar-refractivity contribution in [2.45, 2.75) is 19.5 Å². The van der Waals surface area contributed by atoms with E-state index in [9.17, 15) is 9.59 Å². The van der Waals surface area contributed by atoms with Crippen molar-refractivity contribution < 1.29 is 9.21 Å². The molecule has 0 radical (unpaired) electrons. The lowest BCUT2D eigenvalue weighted by molar-refractivity contribution is 0.0558. The number of pyridine rings is 1. The van der Waals surface area contributed by atoms with E-state index in [0.29, 0.717) is 49.9 Å². The van der Waals surface area contributed by atoms with Gasteiger partial charge in [-0.1, -0.05) is 48.5 Å². The first-order valence-electron chi connectivity index (χ1n) is 12.6. The second kappa shape index (κ2) is 10.1. The number of nitrogens with one attached hydrogen (secondary N) is 1. The third kappa shape index (κ3) is 4.50. The lowest BCUT2D eigenvalue weighted by Gasteiger charge is -2.38. The van der Waals surface area contributed by atoms with Gasteiger partial charge in [0.15, 0.2) is 11.6 Å². The van der Waals surface area contributed by atoms with E-state index in [1.165, 1.54) is 6.26 Å². The Morgan fingerprint density at radius 2 is 1.84 bits per heavy atom. The molecule has 5 aromatic rings. The molecule has 6 rings (SSSR count). The first-order chi connectivity index (χ1) is 18.6. The standard InChI is InChI=1S/C28H27N7O3/c1-19-7-5-10-21-17-22(27(36)29-24(19)21)25(26-30-31-32-35(26)18-20-8-3-2-4-9-20)33-12-14-34(15-13-33)28(37)23-11-6-16-38-23/h2-11,16-17,25H,12-15,18H2,1H3,(H,29,36)/t25-/m1/s1. The number of fused-ring (bicyclic) bond motifs is 1. The molecule has 4 heterocycles. The highest BCUT2D eigenvalue weighted by Gasteiger charge is 2.34. The average molecular weight is 510 g/mol. The van der Waals surface area contributed by atoms with Gasteiger partial charge in [0.25, 0.3) is 11.5 Å². The highest BCUT2D eigenvalue weighted by Crippen LogP contribution is 2.29. The van der Waals surface area contributed by atoms with E-state index in [0.717, 1.165) is 22.0 Å². The summed E-state index contributed by atoms with van der Waals surface area (Å²) in [5.41, 5.74) is 3.26. The molecule has 0 bridgehead atoms. The predicted octanol–water partition coefficient (Wildman–Crippen LogP) is 3.01. The van der Waals surface area contributed by atoms with Crippen molar-refractivity contribution in [1.82, 2.24) is 35.0 Å². The Hall–Kier alpha value is -4.57. The molecule has 10 heteroatoms. The van der Waals surface area contributed by atoms with E-state index < -0.39 is 6.04 Å². The SMILES string of the molecule is Cc1cccc2cc([C@H](c3nnnn3Cc3ccccc3)N3CCN(C(=O)c4ccco4)CC3)c(=O)[nH]c12. The molecule has 0 aliphatic carbocycles. The van der Waals surface area contributed by atoms with Gasteiger partial charge in [-0.05, 0) is 52.1 Å². The molecule has 192 valence electrons. The van der Waals surface area contributed by atoms with Crippen molar-refractivity contribution in [3.63, 3.8) is 0 Å². The highest BCUT2D eigenvalue weighted by molar-refractivity contribution is 5.91. The third-order valence-corrected chi connectivity index (χ3v) is 7.09. The van der Waals surface area contributed by atoms with Crippen LogP contribution in [0.3, 0.4) is 0 Å². The second-order valence-corrected chi connectivity index (χ2v) is 9.48. The van der Waals surface area contributed by atoms with Gasteiger partial charge in [0.05, 0.1) is 18.3 Å². The Morgan fingerprint density at radius 3 is 2.61 bits per heavy atom. The van der Waals surface area contributed by atoms with Crippen molar-refractivity contribution in [3.05, 3.63) is 112 Å². The average Bonchev–Trinajstić information content (AvgIpc) is 3.64. The summed E-state index contributed by atoms with van der Waals surface area (Å²) in [6.45, 7) is 4.51. The molecule has 2 aromatic carbocycles. The number of carbonyl (C=O) groups is 1. The number of aryl methyl sites for hydroxylation is 1. The summed E-state index contributed by atoms with van der Waals surface area (Å²) >= 11 is 0. The number of H-pyrrole nitrogens is 1. The summed E-state index contributed by atoms with van der Waals surface area (Å²) < 4.78 is 7.06. The van der Waals surface area contributed by atoms with Gasteiger partial charge in [-0.2, -0.15) is 0 Å². The summed E-state index contributed by atoms with van der Waals surface area (Å²) in [4.78, 5) is 33.4. The van der Waals surface area contributed by atoms with Crippen LogP contribution in [-0.4, -0.2) is 67.1 Å². The topological polar surface area (TPSA) is 113 Å². The van der Waals surface area contributed by atoms with Gasteiger partial charge in [-0.25, -0.2) is 4.68 Å². The van der Waals surface area contributed by atoms with Crippen molar-refractivity contribution in [1.29, 1.82) is 0 Å². The molecule has 10 nitrogen and oxygen atoms in total. The van der Waals surface area contributed by atoms with Crippen molar-refractivity contribution >= 4 is 16.8 Å². The number of aromatic amines is 1. The minimum absolute atomic E-state index is 0.140. The van der Waals surface area contributed by atoms with Gasteiger partial charge in [0, 0.05) is 31.7 Å². The van der Waals surface area contributed by atoms with Gasteiger partial charge >= 0.3 is 0 Å². The first-order valence-corrected chi connectivity index (χ1v) is 12.6. The van der Waals surface area contributed by atoms with Crippen LogP contribution in [0.15, 0.2) is 82.2 Å². The molecule has 1 aliphatic heterocycles. The molecule has 0 spiro atoms. The first kappa shape index (κ1) is 23.8. The Balaban J connectivity index is 1.38. The van der Waals surface area contributed by atoms with Crippen LogP contribution < -0.4 is 5.56 Å². The van der Waals surface area contributed by atoms with E-state index in [-0.39, 0.29) is 11.5 Å². The van der Waals surface area contributed by atoms with Crippen LogP contribution in [0.4, 0.5) is 0 Å². The minimum atomic E-state index is -0.497. The number of carbonyl (C=O) groups excluding carboxylic acids is 1. The number of benzene rings is 2. The molecule has 0 unspecified atom stereocenters. The normalized spacial score (nSPS) is 15.1. The maximum absolute atomic E-state index is 13.5. The molecule has 1 fully saturated rings. The fourth-order valence-electron chi connectivity index (χ4n) is 5.12. The molecule has 1 N–H and O–H groups in total. The highest BCUT2D eigenvalue weighted by atomic mass is 16.3. The quantitative estimate of drug-likeness (QED) is 0.374. The van der Waals surface area contributed by atoms with Crippen LogP contribution in [0.1, 0.15) is 39.1 Å². The Labute approximate surface area is 218 Å². The van der Waals surface area contributed by atoms with Gasteiger partial charge in [-0.15, -0.1) is 5.10 Å². The molecule has 1 amide bonds. The monoisotopic (exact) mass is 509 g/mol. The van der Waals surface area contributed by atoms with E-state index >= 15 is 0 Å².